The number of fused-ring (bicyclic) bond motifs is 5. The van der Waals surface area contributed by atoms with E-state index in [0.29, 0.717) is 11.6 Å². The molecule has 3 heterocycles. The molecule has 6 nitrogen and oxygen atoms in total. The molecule has 0 spiro atoms. The number of nitrogens with zero attached hydrogens (tertiary/aromatic N) is 1. The lowest BCUT2D eigenvalue weighted by atomic mass is 9.91. The molecule has 2 aliphatic heterocycles. The number of halogens is 1. The van der Waals surface area contributed by atoms with Crippen molar-refractivity contribution in [3.05, 3.63) is 34.5 Å². The summed E-state index contributed by atoms with van der Waals surface area (Å²) in [4.78, 5) is 18.0. The van der Waals surface area contributed by atoms with Gasteiger partial charge in [0, 0.05) is 48.2 Å². The third-order valence-corrected chi connectivity index (χ3v) is 5.54. The van der Waals surface area contributed by atoms with Crippen LogP contribution in [0.25, 0.3) is 10.9 Å². The minimum atomic E-state index is -1.82. The maximum Gasteiger partial charge on any atom is 0.279 e. The van der Waals surface area contributed by atoms with Crippen LogP contribution >= 0.6 is 11.6 Å². The topological polar surface area (TPSA) is 77.6 Å². The Morgan fingerprint density at radius 1 is 1.48 bits per heavy atom. The first kappa shape index (κ1) is 16.8. The Hall–Kier alpha value is -1.60. The lowest BCUT2D eigenvalue weighted by Gasteiger charge is -2.41. The van der Waals surface area contributed by atoms with Crippen LogP contribution in [0, 0.1) is 0 Å². The quantitative estimate of drug-likeness (QED) is 0.724. The number of likely N-dealkylation sites (N-methyl/N-ethyl adjacent to an activating group) is 1. The molecule has 2 aromatic rings. The highest BCUT2D eigenvalue weighted by molar-refractivity contribution is 6.31. The Bertz CT molecular complexity index is 821. The summed E-state index contributed by atoms with van der Waals surface area (Å²) in [5, 5.41) is 15.2. The molecule has 2 unspecified atom stereocenters. The molecule has 1 aromatic carbocycles. The zero-order valence-corrected chi connectivity index (χ0v) is 14.9. The number of rotatable bonds is 1. The highest BCUT2D eigenvalue weighted by atomic mass is 35.5. The summed E-state index contributed by atoms with van der Waals surface area (Å²) in [7, 11) is 1.51. The van der Waals surface area contributed by atoms with E-state index in [1.807, 2.05) is 18.2 Å². The second-order valence-electron chi connectivity index (χ2n) is 6.78. The highest BCUT2D eigenvalue weighted by Gasteiger charge is 2.44. The van der Waals surface area contributed by atoms with Gasteiger partial charge in [-0.3, -0.25) is 9.69 Å². The van der Waals surface area contributed by atoms with Crippen LogP contribution in [0.15, 0.2) is 18.2 Å². The molecule has 0 radical (unpaired) electrons. The van der Waals surface area contributed by atoms with Crippen molar-refractivity contribution in [2.45, 2.75) is 31.1 Å². The molecule has 7 heteroatoms. The zero-order chi connectivity index (χ0) is 17.6. The summed E-state index contributed by atoms with van der Waals surface area (Å²) >= 11 is 6.17. The second kappa shape index (κ2) is 6.29. The summed E-state index contributed by atoms with van der Waals surface area (Å²) < 4.78 is 5.56. The number of benzene rings is 1. The molecular weight excluding hydrogens is 342 g/mol. The fraction of sp³-hybridized carbons (Fsp3) is 0.500. The maximum absolute atomic E-state index is 12.2. The summed E-state index contributed by atoms with van der Waals surface area (Å²) in [5.41, 5.74) is 3.30. The van der Waals surface area contributed by atoms with Gasteiger partial charge in [0.2, 0.25) is 5.79 Å². The Morgan fingerprint density at radius 3 is 3.12 bits per heavy atom. The van der Waals surface area contributed by atoms with Gasteiger partial charge >= 0.3 is 0 Å². The molecular formula is C18H22ClN3O3. The van der Waals surface area contributed by atoms with E-state index in [0.717, 1.165) is 42.5 Å². The average molecular weight is 364 g/mol. The van der Waals surface area contributed by atoms with E-state index in [9.17, 15) is 9.90 Å². The number of hydrogen-bond donors (Lipinski definition) is 3. The predicted octanol–water partition coefficient (Wildman–Crippen LogP) is 1.97. The van der Waals surface area contributed by atoms with Gasteiger partial charge in [-0.1, -0.05) is 11.6 Å². The zero-order valence-electron chi connectivity index (χ0n) is 14.1. The number of aromatic amines is 1. The van der Waals surface area contributed by atoms with E-state index in [1.165, 1.54) is 12.6 Å². The summed E-state index contributed by atoms with van der Waals surface area (Å²) in [5.74, 6) is -2.32. The van der Waals surface area contributed by atoms with Crippen LogP contribution in [0.2, 0.25) is 5.02 Å². The smallest absolute Gasteiger partial charge is 0.279 e. The molecule has 2 atom stereocenters. The molecule has 3 N–H and O–H groups in total. The van der Waals surface area contributed by atoms with Crippen molar-refractivity contribution in [2.24, 2.45) is 0 Å². The molecule has 134 valence electrons. The van der Waals surface area contributed by atoms with Gasteiger partial charge in [0.05, 0.1) is 12.6 Å². The number of aromatic nitrogens is 1. The summed E-state index contributed by atoms with van der Waals surface area (Å²) in [6, 6.07) is 5.72. The van der Waals surface area contributed by atoms with Crippen LogP contribution in [-0.2, 0) is 16.0 Å². The molecule has 1 saturated heterocycles. The van der Waals surface area contributed by atoms with E-state index < -0.39 is 11.7 Å². The fourth-order valence-electron chi connectivity index (χ4n) is 4.07. The third kappa shape index (κ3) is 2.83. The van der Waals surface area contributed by atoms with Crippen molar-refractivity contribution in [1.29, 1.82) is 0 Å². The Balaban J connectivity index is 1.79. The molecule has 1 fully saturated rings. The normalized spacial score (nSPS) is 27.2. The largest absolute Gasteiger partial charge is 0.358 e. The fourth-order valence-corrected chi connectivity index (χ4v) is 4.24. The van der Waals surface area contributed by atoms with Gasteiger partial charge in [-0.25, -0.2) is 0 Å². The lowest BCUT2D eigenvalue weighted by Crippen LogP contribution is -2.53. The van der Waals surface area contributed by atoms with Crippen molar-refractivity contribution in [1.82, 2.24) is 15.2 Å². The molecule has 2 aliphatic rings. The van der Waals surface area contributed by atoms with Crippen molar-refractivity contribution in [2.75, 3.05) is 26.7 Å². The number of ether oxygens (including phenoxy) is 1. The molecule has 0 aliphatic carbocycles. The molecule has 0 bridgehead atoms. The summed E-state index contributed by atoms with van der Waals surface area (Å²) in [6.07, 6.45) is 1.89. The second-order valence-corrected chi connectivity index (χ2v) is 7.21. The van der Waals surface area contributed by atoms with Crippen molar-refractivity contribution in [3.8, 4) is 0 Å². The van der Waals surface area contributed by atoms with Gasteiger partial charge in [-0.05, 0) is 36.6 Å². The summed E-state index contributed by atoms with van der Waals surface area (Å²) in [6.45, 7) is 2.13. The predicted molar refractivity (Wildman–Crippen MR) is 95.5 cm³/mol. The van der Waals surface area contributed by atoms with Gasteiger partial charge in [0.1, 0.15) is 0 Å². The molecule has 1 amide bonds. The first-order valence-electron chi connectivity index (χ1n) is 8.64. The number of H-pyrrole nitrogens is 1. The lowest BCUT2D eigenvalue weighted by molar-refractivity contribution is -0.221. The SMILES string of the molecule is CNC(=O)C1(O)CC2c3[nH]c4ccc(Cl)cc4c3CCN2CCCO1. The van der Waals surface area contributed by atoms with Gasteiger partial charge in [-0.15, -0.1) is 0 Å². The highest BCUT2D eigenvalue weighted by Crippen LogP contribution is 2.40. The van der Waals surface area contributed by atoms with Crippen LogP contribution < -0.4 is 5.32 Å². The first-order valence-corrected chi connectivity index (χ1v) is 9.02. The Labute approximate surface area is 151 Å². The number of carbonyl (C=O) groups is 1. The van der Waals surface area contributed by atoms with E-state index in [2.05, 4.69) is 15.2 Å². The van der Waals surface area contributed by atoms with Crippen LogP contribution in [-0.4, -0.2) is 53.4 Å². The average Bonchev–Trinajstić information content (AvgIpc) is 2.95. The van der Waals surface area contributed by atoms with Gasteiger partial charge in [0.25, 0.3) is 5.91 Å². The Morgan fingerprint density at radius 2 is 2.32 bits per heavy atom. The van der Waals surface area contributed by atoms with Crippen molar-refractivity contribution < 1.29 is 14.6 Å². The van der Waals surface area contributed by atoms with Crippen molar-refractivity contribution in [3.63, 3.8) is 0 Å². The first-order chi connectivity index (χ1) is 12.0. The molecule has 4 rings (SSSR count). The molecule has 25 heavy (non-hydrogen) atoms. The van der Waals surface area contributed by atoms with E-state index in [4.69, 9.17) is 16.3 Å². The minimum Gasteiger partial charge on any atom is -0.358 e. The van der Waals surface area contributed by atoms with E-state index in [1.54, 1.807) is 0 Å². The maximum atomic E-state index is 12.2. The standard InChI is InChI=1S/C18H22ClN3O3/c1-20-17(23)18(24)10-15-16-12(5-7-22(15)6-2-8-25-18)13-9-11(19)3-4-14(13)21-16/h3-4,9,15,21,24H,2,5-8,10H2,1H3,(H,20,23). The number of hydrogen-bond acceptors (Lipinski definition) is 4. The third-order valence-electron chi connectivity index (χ3n) is 5.31. The van der Waals surface area contributed by atoms with Gasteiger partial charge in [0.15, 0.2) is 0 Å². The number of aliphatic hydroxyl groups is 1. The van der Waals surface area contributed by atoms with Crippen LogP contribution in [0.4, 0.5) is 0 Å². The molecule has 1 aromatic heterocycles. The van der Waals surface area contributed by atoms with Gasteiger partial charge < -0.3 is 20.1 Å². The van der Waals surface area contributed by atoms with Crippen LogP contribution in [0.5, 0.6) is 0 Å². The van der Waals surface area contributed by atoms with Crippen LogP contribution in [0.3, 0.4) is 0 Å². The van der Waals surface area contributed by atoms with Gasteiger partial charge in [-0.2, -0.15) is 0 Å². The van der Waals surface area contributed by atoms with E-state index in [-0.39, 0.29) is 12.5 Å². The monoisotopic (exact) mass is 363 g/mol. The Kier molecular flexibility index (Phi) is 4.24. The minimum absolute atomic E-state index is 0.0995. The van der Waals surface area contributed by atoms with Crippen LogP contribution in [0.1, 0.15) is 30.1 Å². The van der Waals surface area contributed by atoms with Crippen molar-refractivity contribution >= 4 is 28.4 Å². The number of amides is 1. The molecule has 0 saturated carbocycles. The number of nitrogens with one attached hydrogen (secondary N) is 2. The number of carbonyl (C=O) groups excluding carboxylic acids is 1. The van der Waals surface area contributed by atoms with E-state index >= 15 is 0 Å².